The van der Waals surface area contributed by atoms with Crippen molar-refractivity contribution in [3.63, 3.8) is 0 Å². The number of likely N-dealkylation sites (tertiary alicyclic amines) is 1. The minimum Gasteiger partial charge on any atom is -0.371 e. The molecule has 1 aliphatic heterocycles. The number of rotatable bonds is 3. The molecule has 4 unspecified atom stereocenters. The van der Waals surface area contributed by atoms with E-state index in [1.807, 2.05) is 0 Å². The minimum absolute atomic E-state index is 0.736. The lowest BCUT2D eigenvalue weighted by Gasteiger charge is -2.39. The Bertz CT molecular complexity index is 1260. The van der Waals surface area contributed by atoms with Crippen molar-refractivity contribution in [3.05, 3.63) is 89.0 Å². The fourth-order valence-electron chi connectivity index (χ4n) is 8.01. The van der Waals surface area contributed by atoms with Gasteiger partial charge in [0, 0.05) is 24.4 Å². The molecule has 1 saturated heterocycles. The SMILES string of the molecule is Cc1cccc2cccc(C3CCCC(C4CCN(C5=CC6CC6c6ccccc65)CC4)CC3)c12. The van der Waals surface area contributed by atoms with Crippen LogP contribution in [-0.4, -0.2) is 18.0 Å². The summed E-state index contributed by atoms with van der Waals surface area (Å²) in [7, 11) is 0. The highest BCUT2D eigenvalue weighted by Crippen LogP contribution is 2.55. The van der Waals surface area contributed by atoms with E-state index in [2.05, 4.69) is 78.6 Å². The number of aryl methyl sites for hydroxylation is 1. The molecule has 180 valence electrons. The normalized spacial score (nSPS) is 28.7. The molecule has 0 radical (unpaired) electrons. The Morgan fingerprint density at radius 3 is 2.37 bits per heavy atom. The highest BCUT2D eigenvalue weighted by molar-refractivity contribution is 5.89. The molecule has 0 N–H and O–H groups in total. The van der Waals surface area contributed by atoms with Gasteiger partial charge >= 0.3 is 0 Å². The zero-order valence-corrected chi connectivity index (χ0v) is 21.3. The molecule has 4 atom stereocenters. The third kappa shape index (κ3) is 3.92. The van der Waals surface area contributed by atoms with E-state index in [0.29, 0.717) is 0 Å². The molecule has 1 nitrogen and oxygen atoms in total. The second-order valence-electron chi connectivity index (χ2n) is 12.0. The monoisotopic (exact) mass is 461 g/mol. The van der Waals surface area contributed by atoms with Crippen LogP contribution in [0.4, 0.5) is 0 Å². The van der Waals surface area contributed by atoms with Crippen molar-refractivity contribution in [3.8, 4) is 0 Å². The van der Waals surface area contributed by atoms with Crippen LogP contribution in [0, 0.1) is 24.7 Å². The summed E-state index contributed by atoms with van der Waals surface area (Å²) in [5.74, 6) is 4.22. The van der Waals surface area contributed by atoms with Gasteiger partial charge in [0.25, 0.3) is 0 Å². The maximum Gasteiger partial charge on any atom is 0.0405 e. The second kappa shape index (κ2) is 8.84. The number of nitrogens with zero attached hydrogens (tertiary/aromatic N) is 1. The van der Waals surface area contributed by atoms with Crippen LogP contribution in [0.1, 0.15) is 85.5 Å². The van der Waals surface area contributed by atoms with Gasteiger partial charge < -0.3 is 4.90 Å². The Hall–Kier alpha value is -2.54. The summed E-state index contributed by atoms with van der Waals surface area (Å²) in [5.41, 5.74) is 7.78. The van der Waals surface area contributed by atoms with Gasteiger partial charge in [-0.1, -0.05) is 79.6 Å². The highest BCUT2D eigenvalue weighted by atomic mass is 15.1. The predicted molar refractivity (Wildman–Crippen MR) is 148 cm³/mol. The molecule has 2 saturated carbocycles. The summed E-state index contributed by atoms with van der Waals surface area (Å²) in [4.78, 5) is 2.74. The number of fused-ring (bicyclic) bond motifs is 4. The fraction of sp³-hybridized carbons (Fsp3) is 0.471. The van der Waals surface area contributed by atoms with Gasteiger partial charge in [-0.05, 0) is 103 Å². The summed E-state index contributed by atoms with van der Waals surface area (Å²) in [6.45, 7) is 4.80. The summed E-state index contributed by atoms with van der Waals surface area (Å²) in [6, 6.07) is 23.1. The molecular weight excluding hydrogens is 422 g/mol. The first-order valence-electron chi connectivity index (χ1n) is 14.3. The number of hydrogen-bond acceptors (Lipinski definition) is 1. The number of piperidine rings is 1. The molecule has 1 heteroatoms. The van der Waals surface area contributed by atoms with Crippen molar-refractivity contribution in [1.29, 1.82) is 0 Å². The van der Waals surface area contributed by atoms with Gasteiger partial charge in [0.15, 0.2) is 0 Å². The second-order valence-corrected chi connectivity index (χ2v) is 12.0. The molecule has 3 aromatic rings. The van der Waals surface area contributed by atoms with Crippen molar-refractivity contribution >= 4 is 16.5 Å². The van der Waals surface area contributed by atoms with E-state index in [1.54, 1.807) is 16.8 Å². The standard InChI is InChI=1S/C34H39N/c1-23-7-4-10-27-11-6-14-29(34(23)27)26-9-5-8-24(15-16-26)25-17-19-35(20-18-25)33-22-28-21-32(28)30-12-2-3-13-31(30)33/h2-4,6-7,10-14,22,24-26,28,32H,5,8-9,15-21H2,1H3. The fourth-order valence-corrected chi connectivity index (χ4v) is 8.01. The molecule has 0 aromatic heterocycles. The van der Waals surface area contributed by atoms with Gasteiger partial charge in [-0.25, -0.2) is 0 Å². The Morgan fingerprint density at radius 1 is 0.714 bits per heavy atom. The molecule has 4 aliphatic rings. The lowest BCUT2D eigenvalue weighted by Crippen LogP contribution is -2.35. The molecule has 3 aliphatic carbocycles. The van der Waals surface area contributed by atoms with Gasteiger partial charge in [0.1, 0.15) is 0 Å². The zero-order valence-electron chi connectivity index (χ0n) is 21.3. The Labute approximate surface area is 211 Å². The average Bonchev–Trinajstić information content (AvgIpc) is 3.72. The first-order valence-corrected chi connectivity index (χ1v) is 14.3. The van der Waals surface area contributed by atoms with Crippen molar-refractivity contribution < 1.29 is 0 Å². The number of benzene rings is 3. The smallest absolute Gasteiger partial charge is 0.0405 e. The van der Waals surface area contributed by atoms with Crippen LogP contribution in [0.15, 0.2) is 66.7 Å². The predicted octanol–water partition coefficient (Wildman–Crippen LogP) is 8.68. The zero-order chi connectivity index (χ0) is 23.4. The maximum atomic E-state index is 2.74. The maximum absolute atomic E-state index is 2.74. The largest absolute Gasteiger partial charge is 0.371 e. The lowest BCUT2D eigenvalue weighted by atomic mass is 9.79. The van der Waals surface area contributed by atoms with Crippen LogP contribution >= 0.6 is 0 Å². The van der Waals surface area contributed by atoms with Gasteiger partial charge in [0.05, 0.1) is 0 Å². The summed E-state index contributed by atoms with van der Waals surface area (Å²) in [6.07, 6.45) is 13.8. The van der Waals surface area contributed by atoms with Crippen LogP contribution in [-0.2, 0) is 0 Å². The van der Waals surface area contributed by atoms with Crippen molar-refractivity contribution in [2.24, 2.45) is 17.8 Å². The van der Waals surface area contributed by atoms with E-state index in [4.69, 9.17) is 0 Å². The summed E-state index contributed by atoms with van der Waals surface area (Å²) >= 11 is 0. The van der Waals surface area contributed by atoms with Crippen LogP contribution in [0.5, 0.6) is 0 Å². The van der Waals surface area contributed by atoms with E-state index in [-0.39, 0.29) is 0 Å². The molecule has 35 heavy (non-hydrogen) atoms. The van der Waals surface area contributed by atoms with Crippen LogP contribution < -0.4 is 0 Å². The molecular formula is C34H39N. The van der Waals surface area contributed by atoms with Gasteiger partial charge in [0.2, 0.25) is 0 Å². The quantitative estimate of drug-likeness (QED) is 0.353. The van der Waals surface area contributed by atoms with Crippen LogP contribution in [0.3, 0.4) is 0 Å². The summed E-state index contributed by atoms with van der Waals surface area (Å²) in [5, 5.41) is 2.96. The van der Waals surface area contributed by atoms with Gasteiger partial charge in [-0.3, -0.25) is 0 Å². The van der Waals surface area contributed by atoms with Crippen LogP contribution in [0.2, 0.25) is 0 Å². The van der Waals surface area contributed by atoms with Gasteiger partial charge in [-0.2, -0.15) is 0 Å². The average molecular weight is 462 g/mol. The van der Waals surface area contributed by atoms with E-state index >= 15 is 0 Å². The van der Waals surface area contributed by atoms with Crippen molar-refractivity contribution in [1.82, 2.24) is 4.90 Å². The Kier molecular flexibility index (Phi) is 5.49. The van der Waals surface area contributed by atoms with Crippen molar-refractivity contribution in [2.45, 2.75) is 70.1 Å². The molecule has 3 fully saturated rings. The van der Waals surface area contributed by atoms with Crippen molar-refractivity contribution in [2.75, 3.05) is 13.1 Å². The lowest BCUT2D eigenvalue weighted by molar-refractivity contribution is 0.180. The summed E-state index contributed by atoms with van der Waals surface area (Å²) < 4.78 is 0. The minimum atomic E-state index is 0.736. The van der Waals surface area contributed by atoms with E-state index < -0.39 is 0 Å². The molecule has 7 rings (SSSR count). The number of allylic oxidation sites excluding steroid dienone is 1. The van der Waals surface area contributed by atoms with E-state index in [9.17, 15) is 0 Å². The molecule has 3 aromatic carbocycles. The topological polar surface area (TPSA) is 3.24 Å². The van der Waals surface area contributed by atoms with E-state index in [1.165, 1.54) is 86.4 Å². The third-order valence-corrected chi connectivity index (χ3v) is 9.99. The molecule has 0 amide bonds. The highest BCUT2D eigenvalue weighted by Gasteiger charge is 2.43. The van der Waals surface area contributed by atoms with Gasteiger partial charge in [-0.15, -0.1) is 0 Å². The number of hydrogen-bond donors (Lipinski definition) is 0. The Morgan fingerprint density at radius 2 is 1.49 bits per heavy atom. The first kappa shape index (κ1) is 21.7. The Balaban J connectivity index is 1.02. The molecule has 0 spiro atoms. The molecule has 1 heterocycles. The third-order valence-electron chi connectivity index (χ3n) is 9.99. The first-order chi connectivity index (χ1) is 17.3. The molecule has 0 bridgehead atoms. The van der Waals surface area contributed by atoms with Crippen LogP contribution in [0.25, 0.3) is 16.5 Å². The van der Waals surface area contributed by atoms with E-state index in [0.717, 1.165) is 29.6 Å².